The molecule has 0 spiro atoms. The van der Waals surface area contributed by atoms with E-state index < -0.39 is 0 Å². The number of amides is 1. The van der Waals surface area contributed by atoms with Gasteiger partial charge in [0.2, 0.25) is 5.88 Å². The molecule has 1 aliphatic rings. The van der Waals surface area contributed by atoms with Crippen molar-refractivity contribution in [3.8, 4) is 5.88 Å². The highest BCUT2D eigenvalue weighted by molar-refractivity contribution is 6.29. The first-order chi connectivity index (χ1) is 10.1. The molecule has 1 amide bonds. The molecule has 1 aromatic heterocycles. The summed E-state index contributed by atoms with van der Waals surface area (Å²) >= 11 is 5.87. The minimum absolute atomic E-state index is 0.110. The molecule has 0 aliphatic heterocycles. The van der Waals surface area contributed by atoms with Crippen molar-refractivity contribution in [3.05, 3.63) is 22.8 Å². The summed E-state index contributed by atoms with van der Waals surface area (Å²) in [6.07, 6.45) is 4.65. The molecule has 1 fully saturated rings. The number of hydrogen-bond acceptors (Lipinski definition) is 3. The van der Waals surface area contributed by atoms with Crippen LogP contribution in [0.25, 0.3) is 0 Å². The van der Waals surface area contributed by atoms with E-state index in [0.717, 1.165) is 6.42 Å². The van der Waals surface area contributed by atoms with Crippen LogP contribution in [0, 0.1) is 5.92 Å². The molecule has 1 heterocycles. The van der Waals surface area contributed by atoms with Crippen LogP contribution in [0.4, 0.5) is 0 Å². The number of halogens is 1. The van der Waals surface area contributed by atoms with Gasteiger partial charge in [-0.25, -0.2) is 4.98 Å². The van der Waals surface area contributed by atoms with Gasteiger partial charge in [-0.2, -0.15) is 0 Å². The predicted octanol–water partition coefficient (Wildman–Crippen LogP) is 4.08. The lowest BCUT2D eigenvalue weighted by Gasteiger charge is -2.29. The smallest absolute Gasteiger partial charge is 0.251 e. The zero-order valence-corrected chi connectivity index (χ0v) is 14.0. The Morgan fingerprint density at radius 1 is 1.33 bits per heavy atom. The Kier molecular flexibility index (Phi) is 7.51. The normalized spacial score (nSPS) is 21.0. The quantitative estimate of drug-likeness (QED) is 0.856. The van der Waals surface area contributed by atoms with E-state index in [2.05, 4.69) is 17.2 Å². The van der Waals surface area contributed by atoms with Crippen LogP contribution < -0.4 is 10.1 Å². The van der Waals surface area contributed by atoms with Crippen molar-refractivity contribution in [3.63, 3.8) is 0 Å². The number of carbonyl (C=O) groups is 1. The summed E-state index contributed by atoms with van der Waals surface area (Å²) in [5.74, 6) is 0.771. The van der Waals surface area contributed by atoms with Crippen LogP contribution in [0.5, 0.6) is 5.88 Å². The summed E-state index contributed by atoms with van der Waals surface area (Å²) in [7, 11) is 1.50. The molecule has 0 aromatic carbocycles. The number of nitrogens with zero attached hydrogens (tertiary/aromatic N) is 1. The summed E-state index contributed by atoms with van der Waals surface area (Å²) in [6.45, 7) is 6.18. The molecule has 1 aliphatic carbocycles. The van der Waals surface area contributed by atoms with Gasteiger partial charge in [-0.1, -0.05) is 45.2 Å². The number of aromatic nitrogens is 1. The molecule has 5 heteroatoms. The number of methoxy groups -OCH3 is 1. The topological polar surface area (TPSA) is 51.2 Å². The fraction of sp³-hybridized carbons (Fsp3) is 0.625. The maximum atomic E-state index is 12.2. The number of nitrogens with one attached hydrogen (secondary N) is 1. The van der Waals surface area contributed by atoms with Crippen molar-refractivity contribution in [2.75, 3.05) is 7.11 Å². The van der Waals surface area contributed by atoms with Gasteiger partial charge in [0.15, 0.2) is 0 Å². The first-order valence-corrected chi connectivity index (χ1v) is 8.00. The molecule has 1 N–H and O–H groups in total. The van der Waals surface area contributed by atoms with Crippen molar-refractivity contribution in [2.24, 2.45) is 5.92 Å². The van der Waals surface area contributed by atoms with Gasteiger partial charge in [0.25, 0.3) is 5.91 Å². The Morgan fingerprint density at radius 3 is 2.62 bits per heavy atom. The second-order valence-corrected chi connectivity index (χ2v) is 5.45. The molecule has 21 heavy (non-hydrogen) atoms. The molecule has 2 rings (SSSR count). The highest BCUT2D eigenvalue weighted by Gasteiger charge is 2.23. The van der Waals surface area contributed by atoms with E-state index in [4.69, 9.17) is 16.3 Å². The van der Waals surface area contributed by atoms with Crippen LogP contribution in [0.1, 0.15) is 56.8 Å². The Bertz CT molecular complexity index is 466. The minimum Gasteiger partial charge on any atom is -0.481 e. The zero-order valence-electron chi connectivity index (χ0n) is 13.3. The molecule has 0 saturated heterocycles. The molecule has 0 radical (unpaired) electrons. The molecular weight excluding hydrogens is 288 g/mol. The largest absolute Gasteiger partial charge is 0.481 e. The van der Waals surface area contributed by atoms with Gasteiger partial charge in [-0.15, -0.1) is 0 Å². The van der Waals surface area contributed by atoms with Crippen LogP contribution in [-0.4, -0.2) is 24.0 Å². The van der Waals surface area contributed by atoms with E-state index in [1.165, 1.54) is 26.4 Å². The molecule has 4 nitrogen and oxygen atoms in total. The van der Waals surface area contributed by atoms with Crippen LogP contribution in [0.2, 0.25) is 5.15 Å². The number of ether oxygens (including phenoxy) is 1. The molecule has 118 valence electrons. The summed E-state index contributed by atoms with van der Waals surface area (Å²) in [4.78, 5) is 16.2. The van der Waals surface area contributed by atoms with Crippen LogP contribution in [0.15, 0.2) is 12.1 Å². The van der Waals surface area contributed by atoms with Crippen molar-refractivity contribution < 1.29 is 9.53 Å². The standard InChI is InChI=1S/C14H19ClN2O2.C2H6/c1-9-5-3-4-6-11(9)16-14(18)10-7-12(15)17-13(8-10)19-2;1-2/h7-9,11H,3-6H2,1-2H3,(H,16,18);1-2H3. The predicted molar refractivity (Wildman–Crippen MR) is 86.0 cm³/mol. The van der Waals surface area contributed by atoms with Gasteiger partial charge in [0, 0.05) is 17.7 Å². The van der Waals surface area contributed by atoms with Gasteiger partial charge < -0.3 is 10.1 Å². The fourth-order valence-electron chi connectivity index (χ4n) is 2.49. The van der Waals surface area contributed by atoms with Gasteiger partial charge in [0.05, 0.1) is 7.11 Å². The Hall–Kier alpha value is -1.29. The third kappa shape index (κ3) is 5.20. The maximum absolute atomic E-state index is 12.2. The second kappa shape index (κ2) is 8.88. The van der Waals surface area contributed by atoms with E-state index >= 15 is 0 Å². The van der Waals surface area contributed by atoms with Crippen LogP contribution in [-0.2, 0) is 0 Å². The molecule has 1 saturated carbocycles. The molecule has 0 bridgehead atoms. The first kappa shape index (κ1) is 17.8. The summed E-state index contributed by atoms with van der Waals surface area (Å²) in [5, 5.41) is 3.35. The van der Waals surface area contributed by atoms with Crippen LogP contribution >= 0.6 is 11.6 Å². The van der Waals surface area contributed by atoms with E-state index in [1.807, 2.05) is 13.8 Å². The fourth-order valence-corrected chi connectivity index (χ4v) is 2.69. The van der Waals surface area contributed by atoms with Crippen molar-refractivity contribution in [1.29, 1.82) is 0 Å². The monoisotopic (exact) mass is 312 g/mol. The van der Waals surface area contributed by atoms with E-state index in [9.17, 15) is 4.79 Å². The highest BCUT2D eigenvalue weighted by Crippen LogP contribution is 2.24. The number of hydrogen-bond donors (Lipinski definition) is 1. The summed E-state index contributed by atoms with van der Waals surface area (Å²) < 4.78 is 5.02. The SMILES string of the molecule is CC.COc1cc(C(=O)NC2CCCCC2C)cc(Cl)n1. The lowest BCUT2D eigenvalue weighted by molar-refractivity contribution is 0.0909. The van der Waals surface area contributed by atoms with E-state index in [-0.39, 0.29) is 17.1 Å². The lowest BCUT2D eigenvalue weighted by atomic mass is 9.86. The average molecular weight is 313 g/mol. The van der Waals surface area contributed by atoms with E-state index in [0.29, 0.717) is 17.4 Å². The number of carbonyl (C=O) groups excluding carboxylic acids is 1. The third-order valence-electron chi connectivity index (χ3n) is 3.67. The first-order valence-electron chi connectivity index (χ1n) is 7.62. The average Bonchev–Trinajstić information content (AvgIpc) is 2.51. The van der Waals surface area contributed by atoms with Crippen molar-refractivity contribution in [1.82, 2.24) is 10.3 Å². The number of pyridine rings is 1. The molecule has 1 aromatic rings. The Balaban J connectivity index is 0.00000106. The van der Waals surface area contributed by atoms with E-state index in [1.54, 1.807) is 12.1 Å². The maximum Gasteiger partial charge on any atom is 0.251 e. The van der Waals surface area contributed by atoms with Gasteiger partial charge >= 0.3 is 0 Å². The third-order valence-corrected chi connectivity index (χ3v) is 3.86. The highest BCUT2D eigenvalue weighted by atomic mass is 35.5. The van der Waals surface area contributed by atoms with Crippen molar-refractivity contribution in [2.45, 2.75) is 52.5 Å². The number of rotatable bonds is 3. The van der Waals surface area contributed by atoms with Crippen molar-refractivity contribution >= 4 is 17.5 Å². The molecular formula is C16H25ClN2O2. The molecule has 2 atom stereocenters. The Morgan fingerprint density at radius 2 is 2.00 bits per heavy atom. The van der Waals surface area contributed by atoms with Gasteiger partial charge in [-0.05, 0) is 24.8 Å². The van der Waals surface area contributed by atoms with Gasteiger partial charge in [0.1, 0.15) is 5.15 Å². The second-order valence-electron chi connectivity index (χ2n) is 5.06. The zero-order chi connectivity index (χ0) is 15.8. The molecule has 2 unspecified atom stereocenters. The summed E-state index contributed by atoms with van der Waals surface area (Å²) in [6, 6.07) is 3.42. The summed E-state index contributed by atoms with van der Waals surface area (Å²) in [5.41, 5.74) is 0.495. The minimum atomic E-state index is -0.110. The van der Waals surface area contributed by atoms with Crippen LogP contribution in [0.3, 0.4) is 0 Å². The Labute approximate surface area is 132 Å². The van der Waals surface area contributed by atoms with Gasteiger partial charge in [-0.3, -0.25) is 4.79 Å². The lowest BCUT2D eigenvalue weighted by Crippen LogP contribution is -2.41.